The first kappa shape index (κ1) is 15.8. The molecule has 122 valence electrons. The van der Waals surface area contributed by atoms with Gasteiger partial charge in [-0.25, -0.2) is 0 Å². The number of furan rings is 1. The summed E-state index contributed by atoms with van der Waals surface area (Å²) in [5.74, 6) is 0.378. The van der Waals surface area contributed by atoms with E-state index < -0.39 is 11.5 Å². The molecule has 1 aromatic heterocycles. The molecule has 0 spiro atoms. The summed E-state index contributed by atoms with van der Waals surface area (Å²) in [4.78, 5) is 12.9. The van der Waals surface area contributed by atoms with E-state index in [1.807, 2.05) is 30.3 Å². The van der Waals surface area contributed by atoms with Crippen LogP contribution in [0.5, 0.6) is 0 Å². The van der Waals surface area contributed by atoms with Crippen molar-refractivity contribution in [3.8, 4) is 0 Å². The molecular formula is C18H21NO4. The maximum absolute atomic E-state index is 12.9. The minimum atomic E-state index is -0.846. The molecule has 0 bridgehead atoms. The number of ether oxygens (including phenoxy) is 1. The van der Waals surface area contributed by atoms with Crippen molar-refractivity contribution in [3.05, 3.63) is 60.1 Å². The van der Waals surface area contributed by atoms with Gasteiger partial charge in [-0.2, -0.15) is 0 Å². The van der Waals surface area contributed by atoms with Crippen LogP contribution >= 0.6 is 0 Å². The van der Waals surface area contributed by atoms with Crippen LogP contribution in [0.2, 0.25) is 0 Å². The molecule has 3 rings (SSSR count). The summed E-state index contributed by atoms with van der Waals surface area (Å²) in [7, 11) is 0. The lowest BCUT2D eigenvalue weighted by Crippen LogP contribution is -2.48. The Labute approximate surface area is 135 Å². The maximum atomic E-state index is 12.9. The fourth-order valence-electron chi connectivity index (χ4n) is 3.06. The normalized spacial score (nSPS) is 18.3. The molecule has 1 aromatic carbocycles. The van der Waals surface area contributed by atoms with E-state index in [-0.39, 0.29) is 12.5 Å². The molecule has 2 aromatic rings. The number of nitrogens with one attached hydrogen (secondary N) is 1. The van der Waals surface area contributed by atoms with Crippen molar-refractivity contribution in [2.24, 2.45) is 0 Å². The zero-order valence-electron chi connectivity index (χ0n) is 12.9. The Kier molecular flexibility index (Phi) is 4.79. The Morgan fingerprint density at radius 3 is 2.57 bits per heavy atom. The number of carbonyl (C=O) groups is 1. The van der Waals surface area contributed by atoms with E-state index in [1.165, 1.54) is 6.26 Å². The molecule has 1 amide bonds. The van der Waals surface area contributed by atoms with Gasteiger partial charge in [0.15, 0.2) is 0 Å². The van der Waals surface area contributed by atoms with Gasteiger partial charge in [-0.3, -0.25) is 4.79 Å². The first-order chi connectivity index (χ1) is 11.2. The molecule has 1 unspecified atom stereocenters. The first-order valence-corrected chi connectivity index (χ1v) is 7.85. The Morgan fingerprint density at radius 2 is 1.91 bits per heavy atom. The van der Waals surface area contributed by atoms with Crippen molar-refractivity contribution >= 4 is 5.91 Å². The average molecular weight is 315 g/mol. The van der Waals surface area contributed by atoms with Gasteiger partial charge in [-0.05, 0) is 30.5 Å². The fourth-order valence-corrected chi connectivity index (χ4v) is 3.06. The van der Waals surface area contributed by atoms with Crippen molar-refractivity contribution in [1.29, 1.82) is 0 Å². The number of hydrogen-bond acceptors (Lipinski definition) is 4. The quantitative estimate of drug-likeness (QED) is 0.887. The summed E-state index contributed by atoms with van der Waals surface area (Å²) < 4.78 is 10.6. The van der Waals surface area contributed by atoms with Crippen LogP contribution in [0, 0.1) is 0 Å². The summed E-state index contributed by atoms with van der Waals surface area (Å²) in [5.41, 5.74) is 0.399. The second-order valence-electron chi connectivity index (χ2n) is 5.80. The molecule has 0 saturated carbocycles. The van der Waals surface area contributed by atoms with Crippen molar-refractivity contribution in [3.63, 3.8) is 0 Å². The van der Waals surface area contributed by atoms with Crippen molar-refractivity contribution in [2.45, 2.75) is 24.4 Å². The van der Waals surface area contributed by atoms with Crippen LogP contribution in [0.4, 0.5) is 0 Å². The molecule has 23 heavy (non-hydrogen) atoms. The summed E-state index contributed by atoms with van der Waals surface area (Å²) in [6.07, 6.45) is 1.94. The third-order valence-corrected chi connectivity index (χ3v) is 4.43. The van der Waals surface area contributed by atoms with Crippen molar-refractivity contribution in [2.75, 3.05) is 19.8 Å². The van der Waals surface area contributed by atoms with E-state index in [1.54, 1.807) is 12.1 Å². The lowest BCUT2D eigenvalue weighted by atomic mass is 9.73. The first-order valence-electron chi connectivity index (χ1n) is 7.85. The van der Waals surface area contributed by atoms with Crippen LogP contribution in [0.15, 0.2) is 53.1 Å². The summed E-state index contributed by atoms with van der Waals surface area (Å²) in [6, 6.07) is 13.2. The maximum Gasteiger partial charge on any atom is 0.230 e. The van der Waals surface area contributed by atoms with Gasteiger partial charge in [0, 0.05) is 13.2 Å². The lowest BCUT2D eigenvalue weighted by Gasteiger charge is -2.36. The molecule has 1 aliphatic heterocycles. The number of benzene rings is 1. The van der Waals surface area contributed by atoms with Gasteiger partial charge in [-0.15, -0.1) is 0 Å². The summed E-state index contributed by atoms with van der Waals surface area (Å²) >= 11 is 0. The minimum absolute atomic E-state index is 0.0717. The summed E-state index contributed by atoms with van der Waals surface area (Å²) in [5, 5.41) is 13.0. The van der Waals surface area contributed by atoms with Crippen LogP contribution in [0.1, 0.15) is 30.3 Å². The molecular weight excluding hydrogens is 294 g/mol. The highest BCUT2D eigenvalue weighted by molar-refractivity contribution is 5.88. The van der Waals surface area contributed by atoms with E-state index in [2.05, 4.69) is 5.32 Å². The second kappa shape index (κ2) is 6.98. The standard InChI is InChI=1S/C18H21NO4/c20-15(16-7-4-10-23-16)13-19-17(21)18(8-11-22-12-9-18)14-5-2-1-3-6-14/h1-7,10,15,20H,8-9,11-13H2,(H,19,21). The molecule has 1 saturated heterocycles. The molecule has 1 fully saturated rings. The number of amides is 1. The molecule has 5 nitrogen and oxygen atoms in total. The molecule has 1 atom stereocenters. The van der Waals surface area contributed by atoms with Gasteiger partial charge >= 0.3 is 0 Å². The second-order valence-corrected chi connectivity index (χ2v) is 5.80. The number of aliphatic hydroxyl groups is 1. The van der Waals surface area contributed by atoms with Crippen molar-refractivity contribution < 1.29 is 19.1 Å². The average Bonchev–Trinajstić information content (AvgIpc) is 3.15. The van der Waals surface area contributed by atoms with Gasteiger partial charge < -0.3 is 19.6 Å². The lowest BCUT2D eigenvalue weighted by molar-refractivity contribution is -0.131. The Bertz CT molecular complexity index is 618. The molecule has 0 radical (unpaired) electrons. The predicted molar refractivity (Wildman–Crippen MR) is 84.9 cm³/mol. The summed E-state index contributed by atoms with van der Waals surface area (Å²) in [6.45, 7) is 1.24. The van der Waals surface area contributed by atoms with Crippen LogP contribution in [0.25, 0.3) is 0 Å². The Hall–Kier alpha value is -2.11. The number of carbonyl (C=O) groups excluding carboxylic acids is 1. The van der Waals surface area contributed by atoms with E-state index in [0.29, 0.717) is 31.8 Å². The van der Waals surface area contributed by atoms with Crippen LogP contribution < -0.4 is 5.32 Å². The number of aliphatic hydroxyl groups excluding tert-OH is 1. The molecule has 2 heterocycles. The molecule has 1 aliphatic rings. The Morgan fingerprint density at radius 1 is 1.17 bits per heavy atom. The zero-order valence-corrected chi connectivity index (χ0v) is 12.9. The van der Waals surface area contributed by atoms with E-state index >= 15 is 0 Å². The van der Waals surface area contributed by atoms with Gasteiger partial charge in [0.05, 0.1) is 18.2 Å². The van der Waals surface area contributed by atoms with Gasteiger partial charge in [0.25, 0.3) is 0 Å². The largest absolute Gasteiger partial charge is 0.467 e. The topological polar surface area (TPSA) is 71.7 Å². The van der Waals surface area contributed by atoms with Crippen LogP contribution in [0.3, 0.4) is 0 Å². The van der Waals surface area contributed by atoms with Crippen LogP contribution in [-0.2, 0) is 14.9 Å². The third kappa shape index (κ3) is 3.30. The van der Waals surface area contributed by atoms with Gasteiger partial charge in [0.2, 0.25) is 5.91 Å². The molecule has 0 aliphatic carbocycles. The van der Waals surface area contributed by atoms with Gasteiger partial charge in [0.1, 0.15) is 11.9 Å². The Balaban J connectivity index is 1.73. The fraction of sp³-hybridized carbons (Fsp3) is 0.389. The highest BCUT2D eigenvalue weighted by atomic mass is 16.5. The van der Waals surface area contributed by atoms with E-state index in [0.717, 1.165) is 5.56 Å². The van der Waals surface area contributed by atoms with Gasteiger partial charge in [-0.1, -0.05) is 30.3 Å². The van der Waals surface area contributed by atoms with Crippen molar-refractivity contribution in [1.82, 2.24) is 5.32 Å². The smallest absolute Gasteiger partial charge is 0.230 e. The highest BCUT2D eigenvalue weighted by Gasteiger charge is 2.41. The highest BCUT2D eigenvalue weighted by Crippen LogP contribution is 2.35. The predicted octanol–water partition coefficient (Wildman–Crippen LogP) is 2.18. The SMILES string of the molecule is O=C(NCC(O)c1ccco1)C1(c2ccccc2)CCOCC1. The molecule has 5 heteroatoms. The van der Waals surface area contributed by atoms with E-state index in [9.17, 15) is 9.90 Å². The minimum Gasteiger partial charge on any atom is -0.467 e. The number of rotatable bonds is 5. The molecule has 2 N–H and O–H groups in total. The zero-order chi connectivity index (χ0) is 16.1. The monoisotopic (exact) mass is 315 g/mol. The van der Waals surface area contributed by atoms with E-state index in [4.69, 9.17) is 9.15 Å². The van der Waals surface area contributed by atoms with Crippen LogP contribution in [-0.4, -0.2) is 30.8 Å². The third-order valence-electron chi connectivity index (χ3n) is 4.43. The number of hydrogen-bond donors (Lipinski definition) is 2.